The average molecular weight is 700 g/mol. The molecule has 256 valence electrons. The molecule has 0 aliphatic rings. The maximum absolute atomic E-state index is 4.29. The van der Waals surface area contributed by atoms with Crippen LogP contribution >= 0.6 is 11.3 Å². The molecule has 8 aromatic rings. The van der Waals surface area contributed by atoms with Gasteiger partial charge in [-0.3, -0.25) is 0 Å². The van der Waals surface area contributed by atoms with Crippen LogP contribution in [-0.2, 0) is 0 Å². The van der Waals surface area contributed by atoms with E-state index in [0.29, 0.717) is 0 Å². The maximum Gasteiger partial charge on any atom is 0.0535 e. The molecule has 8 rings (SSSR count). The van der Waals surface area contributed by atoms with Gasteiger partial charge in [0.05, 0.1) is 15.6 Å². The lowest BCUT2D eigenvalue weighted by Crippen LogP contribution is -2.21. The number of fused-ring (bicyclic) bond motifs is 9. The largest absolute Gasteiger partial charge is 0.315 e. The first kappa shape index (κ1) is 33.9. The van der Waals surface area contributed by atoms with Gasteiger partial charge in [0, 0.05) is 32.6 Å². The van der Waals surface area contributed by atoms with Gasteiger partial charge >= 0.3 is 0 Å². The van der Waals surface area contributed by atoms with Gasteiger partial charge in [-0.25, -0.2) is 0 Å². The third kappa shape index (κ3) is 5.92. The lowest BCUT2D eigenvalue weighted by atomic mass is 9.91. The lowest BCUT2D eigenvalue weighted by molar-refractivity contribution is 1.28. The summed E-state index contributed by atoms with van der Waals surface area (Å²) in [6.45, 7) is 14.7. The molecule has 0 spiro atoms. The summed E-state index contributed by atoms with van der Waals surface area (Å²) in [6, 6.07) is 39.9. The molecule has 0 saturated carbocycles. The highest BCUT2D eigenvalue weighted by atomic mass is 32.1. The van der Waals surface area contributed by atoms with Crippen LogP contribution in [0.25, 0.3) is 89.7 Å². The predicted octanol–water partition coefficient (Wildman–Crippen LogP) is 13.3. The van der Waals surface area contributed by atoms with E-state index >= 15 is 0 Å². The number of allylic oxidation sites excluding steroid dienone is 8. The predicted molar refractivity (Wildman–Crippen MR) is 238 cm³/mol. The normalized spacial score (nSPS) is 13.6. The zero-order valence-electron chi connectivity index (χ0n) is 30.4. The molecule has 0 N–H and O–H groups in total. The molecule has 53 heavy (non-hydrogen) atoms. The molecule has 2 heteroatoms. The second-order valence-electron chi connectivity index (χ2n) is 13.2. The third-order valence-electron chi connectivity index (χ3n) is 10.2. The second kappa shape index (κ2) is 14.4. The van der Waals surface area contributed by atoms with Crippen LogP contribution in [0.15, 0.2) is 159 Å². The molecule has 0 unspecified atom stereocenters. The molecule has 0 saturated heterocycles. The summed E-state index contributed by atoms with van der Waals surface area (Å²) in [5.74, 6) is 0. The van der Waals surface area contributed by atoms with E-state index in [2.05, 4.69) is 196 Å². The molecule has 0 aliphatic carbocycles. The van der Waals surface area contributed by atoms with Crippen LogP contribution in [0.5, 0.6) is 0 Å². The van der Waals surface area contributed by atoms with Crippen LogP contribution in [0.1, 0.15) is 42.3 Å². The number of rotatable bonds is 8. The van der Waals surface area contributed by atoms with Crippen LogP contribution < -0.4 is 9.75 Å². The van der Waals surface area contributed by atoms with Crippen molar-refractivity contribution in [1.29, 1.82) is 0 Å². The van der Waals surface area contributed by atoms with Gasteiger partial charge in [0.1, 0.15) is 0 Å². The molecule has 0 amide bonds. The van der Waals surface area contributed by atoms with Crippen LogP contribution in [0, 0.1) is 0 Å². The molecule has 1 nitrogen and oxygen atoms in total. The van der Waals surface area contributed by atoms with Gasteiger partial charge in [-0.05, 0) is 106 Å². The van der Waals surface area contributed by atoms with E-state index in [1.165, 1.54) is 74.4 Å². The summed E-state index contributed by atoms with van der Waals surface area (Å²) in [5, 5.41) is 11.3. The molecular formula is C51H41NS. The highest BCUT2D eigenvalue weighted by Crippen LogP contribution is 2.37. The fourth-order valence-electron chi connectivity index (χ4n) is 7.73. The van der Waals surface area contributed by atoms with E-state index in [0.717, 1.165) is 22.2 Å². The van der Waals surface area contributed by atoms with E-state index < -0.39 is 0 Å². The summed E-state index contributed by atoms with van der Waals surface area (Å²) in [7, 11) is 0. The topological polar surface area (TPSA) is 4.93 Å². The van der Waals surface area contributed by atoms with Gasteiger partial charge in [0.15, 0.2) is 0 Å². The van der Waals surface area contributed by atoms with Gasteiger partial charge in [0.2, 0.25) is 0 Å². The molecule has 0 fully saturated rings. The Kier molecular flexibility index (Phi) is 9.22. The molecule has 0 atom stereocenters. The zero-order chi connectivity index (χ0) is 36.5. The number of benzene rings is 6. The Morgan fingerprint density at radius 2 is 1.19 bits per heavy atom. The number of hydrogen-bond acceptors (Lipinski definition) is 1. The molecule has 2 heterocycles. The van der Waals surface area contributed by atoms with Crippen molar-refractivity contribution in [2.75, 3.05) is 0 Å². The standard InChI is InChI=1S/C51H41NS/c1-6-11-19-45-44(18-7-2)50(10-5)53-51(45)33-52-48-25-17-16-24-43(48)47-32-37(27-29-49(47)52)35(9-4)30-34(8-3)36-26-28-42-40-22-13-12-20-38(40)39-21-14-15-23-41(39)46(42)31-36/h6-33H,4-5H2,1-3H3/b11-6-,18-7-,34-8+,35-30+,45-19-,51-33-. The monoisotopic (exact) mass is 699 g/mol. The van der Waals surface area contributed by atoms with Gasteiger partial charge in [-0.2, -0.15) is 0 Å². The molecule has 2 aromatic heterocycles. The minimum atomic E-state index is 1.08. The summed E-state index contributed by atoms with van der Waals surface area (Å²) in [6.07, 6.45) is 21.4. The van der Waals surface area contributed by atoms with Crippen LogP contribution in [0.3, 0.4) is 0 Å². The highest BCUT2D eigenvalue weighted by Gasteiger charge is 2.14. The molecule has 0 radical (unpaired) electrons. The summed E-state index contributed by atoms with van der Waals surface area (Å²) in [5.41, 5.74) is 8.10. The Balaban J connectivity index is 1.27. The van der Waals surface area contributed by atoms with Crippen LogP contribution in [0.2, 0.25) is 0 Å². The van der Waals surface area contributed by atoms with Crippen molar-refractivity contribution in [2.24, 2.45) is 0 Å². The van der Waals surface area contributed by atoms with Crippen molar-refractivity contribution in [3.63, 3.8) is 0 Å². The Labute approximate surface area is 315 Å². The quantitative estimate of drug-likeness (QED) is 0.110. The van der Waals surface area contributed by atoms with Crippen molar-refractivity contribution in [2.45, 2.75) is 20.8 Å². The average Bonchev–Trinajstić information content (AvgIpc) is 3.71. The number of aromatic nitrogens is 1. The van der Waals surface area contributed by atoms with E-state index in [4.69, 9.17) is 0 Å². The Hall–Kier alpha value is -6.22. The maximum atomic E-state index is 4.29. The molecule has 6 aromatic carbocycles. The SMILES string of the molecule is C=C/C(=C\C(=C/C)c1ccc2c3ccccc3c3ccccc3c2c1)c1ccc2c(c1)c1ccccc1n2\C=c1/sc(C=C)c(/C=C\C)/c1=C/C=C\C. The first-order valence-electron chi connectivity index (χ1n) is 18.2. The second-order valence-corrected chi connectivity index (χ2v) is 14.3. The highest BCUT2D eigenvalue weighted by molar-refractivity contribution is 7.11. The Morgan fingerprint density at radius 1 is 0.604 bits per heavy atom. The first-order chi connectivity index (χ1) is 26.1. The van der Waals surface area contributed by atoms with Gasteiger partial charge in [-0.1, -0.05) is 147 Å². The summed E-state index contributed by atoms with van der Waals surface area (Å²) in [4.78, 5) is 1.17. The number of thiophene rings is 1. The van der Waals surface area contributed by atoms with Gasteiger partial charge in [0.25, 0.3) is 0 Å². The van der Waals surface area contributed by atoms with Crippen molar-refractivity contribution in [3.8, 4) is 0 Å². The first-order valence-corrected chi connectivity index (χ1v) is 19.0. The van der Waals surface area contributed by atoms with E-state index in [9.17, 15) is 0 Å². The van der Waals surface area contributed by atoms with E-state index in [1.807, 2.05) is 12.2 Å². The van der Waals surface area contributed by atoms with Crippen molar-refractivity contribution in [3.05, 3.63) is 190 Å². The van der Waals surface area contributed by atoms with Crippen molar-refractivity contribution in [1.82, 2.24) is 4.57 Å². The third-order valence-corrected chi connectivity index (χ3v) is 11.4. The number of nitrogens with zero attached hydrogens (tertiary/aromatic N) is 1. The molecule has 0 bridgehead atoms. The summed E-state index contributed by atoms with van der Waals surface area (Å²) >= 11 is 1.77. The molecular weight excluding hydrogens is 659 g/mol. The van der Waals surface area contributed by atoms with E-state index in [1.54, 1.807) is 11.3 Å². The number of hydrogen-bond donors (Lipinski definition) is 0. The van der Waals surface area contributed by atoms with Crippen LogP contribution in [-0.4, -0.2) is 4.57 Å². The van der Waals surface area contributed by atoms with Crippen LogP contribution in [0.4, 0.5) is 0 Å². The summed E-state index contributed by atoms with van der Waals surface area (Å²) < 4.78 is 3.54. The lowest BCUT2D eigenvalue weighted by Gasteiger charge is -2.13. The minimum Gasteiger partial charge on any atom is -0.315 e. The Morgan fingerprint density at radius 3 is 1.83 bits per heavy atom. The van der Waals surface area contributed by atoms with Crippen molar-refractivity contribution < 1.29 is 0 Å². The van der Waals surface area contributed by atoms with Gasteiger partial charge < -0.3 is 4.57 Å². The fourth-order valence-corrected chi connectivity index (χ4v) is 8.79. The Bertz CT molecular complexity index is 2970. The molecule has 0 aliphatic heterocycles. The smallest absolute Gasteiger partial charge is 0.0535 e. The minimum absolute atomic E-state index is 1.08. The van der Waals surface area contributed by atoms with Gasteiger partial charge in [-0.15, -0.1) is 11.3 Å². The fraction of sp³-hybridized carbons (Fsp3) is 0.0588. The van der Waals surface area contributed by atoms with E-state index in [-0.39, 0.29) is 0 Å². The zero-order valence-corrected chi connectivity index (χ0v) is 31.3. The van der Waals surface area contributed by atoms with Crippen molar-refractivity contribution >= 4 is 101 Å². The number of para-hydroxylation sites is 1.